The van der Waals surface area contributed by atoms with Gasteiger partial charge in [0.05, 0.1) is 10.5 Å². The molecule has 1 fully saturated rings. The zero-order valence-corrected chi connectivity index (χ0v) is 12.6. The van der Waals surface area contributed by atoms with Crippen LogP contribution in [0.2, 0.25) is 0 Å². The molecule has 114 valence electrons. The van der Waals surface area contributed by atoms with Crippen molar-refractivity contribution in [2.24, 2.45) is 11.8 Å². The molecule has 2 unspecified atom stereocenters. The number of nitrogens with one attached hydrogen (secondary N) is 1. The predicted molar refractivity (Wildman–Crippen MR) is 78.9 cm³/mol. The van der Waals surface area contributed by atoms with Crippen LogP contribution in [0.5, 0.6) is 0 Å². The molecule has 2 rings (SSSR count). The molecule has 1 aliphatic rings. The summed E-state index contributed by atoms with van der Waals surface area (Å²) in [5.41, 5.74) is 0.146. The van der Waals surface area contributed by atoms with Gasteiger partial charge >= 0.3 is 0 Å². The molecule has 0 aromatic heterocycles. The first-order chi connectivity index (χ1) is 10.1. The van der Waals surface area contributed by atoms with Crippen LogP contribution in [0.25, 0.3) is 0 Å². The molecule has 1 saturated carbocycles. The van der Waals surface area contributed by atoms with E-state index in [4.69, 9.17) is 5.26 Å². The number of nitriles is 1. The number of sulfonamides is 1. The molecule has 5 nitrogen and oxygen atoms in total. The topological polar surface area (TPSA) is 90.2 Å². The van der Waals surface area contributed by atoms with Crippen LogP contribution in [0.3, 0.4) is 0 Å². The van der Waals surface area contributed by atoms with Crippen LogP contribution < -0.4 is 4.72 Å². The second-order valence-corrected chi connectivity index (χ2v) is 7.18. The van der Waals surface area contributed by atoms with Crippen LogP contribution >= 0.6 is 0 Å². The monoisotopic (exact) mass is 308 g/mol. The molecule has 0 amide bonds. The van der Waals surface area contributed by atoms with Crippen LogP contribution in [-0.2, 0) is 10.0 Å². The van der Waals surface area contributed by atoms with Gasteiger partial charge < -0.3 is 5.11 Å². The van der Waals surface area contributed by atoms with Crippen molar-refractivity contribution >= 4 is 10.0 Å². The minimum Gasteiger partial charge on any atom is -0.396 e. The minimum absolute atomic E-state index is 0.0175. The fraction of sp³-hybridized carbons (Fsp3) is 0.533. The van der Waals surface area contributed by atoms with Crippen LogP contribution in [0, 0.1) is 23.2 Å². The summed E-state index contributed by atoms with van der Waals surface area (Å²) in [6.45, 7) is 0.411. The molecular formula is C15H20N2O3S. The van der Waals surface area contributed by atoms with E-state index in [1.54, 1.807) is 12.1 Å². The Morgan fingerprint density at radius 2 is 1.90 bits per heavy atom. The highest BCUT2D eigenvalue weighted by Crippen LogP contribution is 2.29. The summed E-state index contributed by atoms with van der Waals surface area (Å²) < 4.78 is 27.2. The number of rotatable bonds is 5. The Hall–Kier alpha value is -1.42. The van der Waals surface area contributed by atoms with Crippen molar-refractivity contribution in [3.63, 3.8) is 0 Å². The van der Waals surface area contributed by atoms with Crippen molar-refractivity contribution in [1.29, 1.82) is 5.26 Å². The van der Waals surface area contributed by atoms with Crippen LogP contribution in [0.4, 0.5) is 0 Å². The van der Waals surface area contributed by atoms with Gasteiger partial charge in [-0.1, -0.05) is 25.0 Å². The molecule has 2 atom stereocenters. The lowest BCUT2D eigenvalue weighted by Crippen LogP contribution is -2.35. The third-order valence-electron chi connectivity index (χ3n) is 4.13. The molecule has 21 heavy (non-hydrogen) atoms. The van der Waals surface area contributed by atoms with Gasteiger partial charge in [-0.05, 0) is 36.8 Å². The first-order valence-electron chi connectivity index (χ1n) is 7.18. The van der Waals surface area contributed by atoms with Gasteiger partial charge in [0, 0.05) is 13.2 Å². The van der Waals surface area contributed by atoms with Crippen LogP contribution in [-0.4, -0.2) is 26.7 Å². The highest BCUT2D eigenvalue weighted by Gasteiger charge is 2.26. The number of hydrogen-bond donors (Lipinski definition) is 2. The normalized spacial score (nSPS) is 22.7. The molecule has 0 bridgehead atoms. The van der Waals surface area contributed by atoms with Gasteiger partial charge in [-0.2, -0.15) is 5.26 Å². The van der Waals surface area contributed by atoms with Gasteiger partial charge in [0.2, 0.25) is 10.0 Å². The van der Waals surface area contributed by atoms with Gasteiger partial charge in [0.1, 0.15) is 6.07 Å². The Morgan fingerprint density at radius 1 is 1.24 bits per heavy atom. The summed E-state index contributed by atoms with van der Waals surface area (Å²) in [6.07, 6.45) is 4.02. The van der Waals surface area contributed by atoms with E-state index in [1.165, 1.54) is 12.1 Å². The Morgan fingerprint density at radius 3 is 2.57 bits per heavy atom. The fourth-order valence-corrected chi connectivity index (χ4v) is 4.13. The summed E-state index contributed by atoms with van der Waals surface area (Å²) in [7, 11) is -3.69. The van der Waals surface area contributed by atoms with Gasteiger partial charge in [-0.25, -0.2) is 13.1 Å². The molecule has 6 heteroatoms. The number of benzene rings is 1. The maximum Gasteiger partial charge on any atom is 0.241 e. The van der Waals surface area contributed by atoms with E-state index in [0.29, 0.717) is 6.54 Å². The van der Waals surface area contributed by atoms with Gasteiger partial charge in [-0.15, -0.1) is 0 Å². The third kappa shape index (κ3) is 3.82. The number of aliphatic hydroxyl groups excluding tert-OH is 1. The SMILES string of the molecule is N#Cc1ccccc1S(=O)(=O)NCC1CCCCC1CO. The van der Waals surface area contributed by atoms with Gasteiger partial charge in [-0.3, -0.25) is 0 Å². The zero-order chi connectivity index (χ0) is 15.3. The molecule has 0 spiro atoms. The molecule has 0 aliphatic heterocycles. The van der Waals surface area contributed by atoms with Crippen molar-refractivity contribution in [1.82, 2.24) is 4.72 Å². The number of nitrogens with zero attached hydrogens (tertiary/aromatic N) is 1. The minimum atomic E-state index is -3.69. The maximum atomic E-state index is 12.3. The quantitative estimate of drug-likeness (QED) is 0.865. The maximum absolute atomic E-state index is 12.3. The van der Waals surface area contributed by atoms with Crippen LogP contribution in [0.1, 0.15) is 31.2 Å². The van der Waals surface area contributed by atoms with Crippen LogP contribution in [0.15, 0.2) is 29.2 Å². The summed E-state index contributed by atoms with van der Waals surface area (Å²) in [4.78, 5) is 0.0175. The lowest BCUT2D eigenvalue weighted by Gasteiger charge is -2.30. The molecule has 0 saturated heterocycles. The Bertz CT molecular complexity index is 622. The zero-order valence-electron chi connectivity index (χ0n) is 11.8. The van der Waals surface area contributed by atoms with Crippen molar-refractivity contribution in [2.75, 3.05) is 13.2 Å². The van der Waals surface area contributed by atoms with Crippen molar-refractivity contribution in [2.45, 2.75) is 30.6 Å². The van der Waals surface area contributed by atoms with E-state index in [9.17, 15) is 13.5 Å². The average molecular weight is 308 g/mol. The summed E-state index contributed by atoms with van der Waals surface area (Å²) in [5, 5.41) is 18.4. The summed E-state index contributed by atoms with van der Waals surface area (Å²) in [6, 6.07) is 8.07. The number of aliphatic hydroxyl groups is 1. The molecule has 1 aromatic carbocycles. The molecule has 0 heterocycles. The standard InChI is InChI=1S/C15H20N2O3S/c16-9-12-5-3-4-8-15(12)21(19,20)17-10-13-6-1-2-7-14(13)11-18/h3-5,8,13-14,17-18H,1-2,6-7,10-11H2. The highest BCUT2D eigenvalue weighted by molar-refractivity contribution is 7.89. The second-order valence-electron chi connectivity index (χ2n) is 5.45. The first kappa shape index (κ1) is 16.0. The van der Waals surface area contributed by atoms with E-state index in [1.807, 2.05) is 6.07 Å². The van der Waals surface area contributed by atoms with Crippen molar-refractivity contribution in [3.8, 4) is 6.07 Å². The van der Waals surface area contributed by atoms with E-state index < -0.39 is 10.0 Å². The predicted octanol–water partition coefficient (Wildman–Crippen LogP) is 1.64. The van der Waals surface area contributed by atoms with Crippen molar-refractivity contribution in [3.05, 3.63) is 29.8 Å². The lowest BCUT2D eigenvalue weighted by atomic mass is 9.80. The number of hydrogen-bond acceptors (Lipinski definition) is 4. The third-order valence-corrected chi connectivity index (χ3v) is 5.62. The highest BCUT2D eigenvalue weighted by atomic mass is 32.2. The molecule has 2 N–H and O–H groups in total. The van der Waals surface area contributed by atoms with E-state index >= 15 is 0 Å². The van der Waals surface area contributed by atoms with E-state index in [2.05, 4.69) is 4.72 Å². The average Bonchev–Trinajstić information content (AvgIpc) is 2.53. The lowest BCUT2D eigenvalue weighted by molar-refractivity contribution is 0.136. The van der Waals surface area contributed by atoms with E-state index in [-0.39, 0.29) is 28.9 Å². The largest absolute Gasteiger partial charge is 0.396 e. The smallest absolute Gasteiger partial charge is 0.241 e. The Balaban J connectivity index is 2.09. The van der Waals surface area contributed by atoms with Gasteiger partial charge in [0.25, 0.3) is 0 Å². The van der Waals surface area contributed by atoms with E-state index in [0.717, 1.165) is 25.7 Å². The summed E-state index contributed by atoms with van der Waals surface area (Å²) >= 11 is 0. The molecular weight excluding hydrogens is 288 g/mol. The molecule has 1 aromatic rings. The Kier molecular flexibility index (Phi) is 5.34. The molecule has 0 radical (unpaired) electrons. The summed E-state index contributed by atoms with van der Waals surface area (Å²) in [5.74, 6) is 0.320. The van der Waals surface area contributed by atoms with Crippen molar-refractivity contribution < 1.29 is 13.5 Å². The first-order valence-corrected chi connectivity index (χ1v) is 8.66. The fourth-order valence-electron chi connectivity index (χ4n) is 2.88. The second kappa shape index (κ2) is 7.03. The molecule has 1 aliphatic carbocycles. The van der Waals surface area contributed by atoms with Gasteiger partial charge in [0.15, 0.2) is 0 Å². The Labute approximate surface area is 125 Å².